The summed E-state index contributed by atoms with van der Waals surface area (Å²) in [6.07, 6.45) is 3.95. The number of H-pyrrole nitrogens is 2. The minimum absolute atomic E-state index is 0.269. The van der Waals surface area contributed by atoms with Gasteiger partial charge in [0.25, 0.3) is 5.91 Å². The number of fused-ring (bicyclic) bond motifs is 1. The molecule has 1 aliphatic heterocycles. The van der Waals surface area contributed by atoms with Crippen LogP contribution in [0, 0.1) is 0 Å². The summed E-state index contributed by atoms with van der Waals surface area (Å²) in [4.78, 5) is 52.3. The third-order valence-corrected chi connectivity index (χ3v) is 7.77. The summed E-state index contributed by atoms with van der Waals surface area (Å²) in [6.45, 7) is 5.70. The molecule has 6 rings (SSSR count). The summed E-state index contributed by atoms with van der Waals surface area (Å²) in [5.41, 5.74) is 5.47. The molecule has 2 aromatic heterocycles. The Morgan fingerprint density at radius 3 is 2.38 bits per heavy atom. The third-order valence-electron chi connectivity index (χ3n) is 7.77. The molecule has 230 valence electrons. The zero-order valence-electron chi connectivity index (χ0n) is 25.5. The molecule has 10 nitrogen and oxygen atoms in total. The number of nitrogens with one attached hydrogen (secondary N) is 4. The molecule has 0 radical (unpaired) electrons. The number of ether oxygens (including phenoxy) is 1. The third kappa shape index (κ3) is 6.75. The molecule has 3 aromatic carbocycles. The Bertz CT molecular complexity index is 1810. The van der Waals surface area contributed by atoms with E-state index in [0.717, 1.165) is 33.4 Å². The number of hydrogen-bond donors (Lipinski definition) is 4. The van der Waals surface area contributed by atoms with Crippen molar-refractivity contribution < 1.29 is 19.1 Å². The van der Waals surface area contributed by atoms with Crippen molar-refractivity contribution in [3.63, 3.8) is 0 Å². The fourth-order valence-corrected chi connectivity index (χ4v) is 5.66. The maximum absolute atomic E-state index is 13.9. The molecule has 1 fully saturated rings. The van der Waals surface area contributed by atoms with Crippen molar-refractivity contribution in [1.29, 1.82) is 0 Å². The van der Waals surface area contributed by atoms with E-state index in [4.69, 9.17) is 4.74 Å². The van der Waals surface area contributed by atoms with Gasteiger partial charge in [-0.25, -0.2) is 9.78 Å². The van der Waals surface area contributed by atoms with E-state index in [9.17, 15) is 14.4 Å². The first kappa shape index (κ1) is 29.7. The van der Waals surface area contributed by atoms with Crippen LogP contribution >= 0.6 is 0 Å². The number of likely N-dealkylation sites (tertiary alicyclic amines) is 1. The average Bonchev–Trinajstić information content (AvgIpc) is 3.80. The van der Waals surface area contributed by atoms with Gasteiger partial charge in [-0.15, -0.1) is 0 Å². The van der Waals surface area contributed by atoms with Crippen molar-refractivity contribution in [2.45, 2.75) is 51.3 Å². The van der Waals surface area contributed by atoms with E-state index in [-0.39, 0.29) is 11.8 Å². The summed E-state index contributed by atoms with van der Waals surface area (Å²) in [6, 6.07) is 23.3. The van der Waals surface area contributed by atoms with E-state index >= 15 is 0 Å². The fourth-order valence-electron chi connectivity index (χ4n) is 5.66. The molecule has 5 aromatic rings. The quantitative estimate of drug-likeness (QED) is 0.170. The first-order valence-corrected chi connectivity index (χ1v) is 15.0. The van der Waals surface area contributed by atoms with E-state index in [0.29, 0.717) is 30.6 Å². The lowest BCUT2D eigenvalue weighted by Gasteiger charge is -2.29. The Balaban J connectivity index is 1.17. The number of nitrogens with zero attached hydrogens (tertiary/aromatic N) is 2. The number of aromatic nitrogens is 3. The van der Waals surface area contributed by atoms with E-state index < -0.39 is 23.8 Å². The van der Waals surface area contributed by atoms with Gasteiger partial charge in [0.05, 0.1) is 18.2 Å². The van der Waals surface area contributed by atoms with Gasteiger partial charge in [-0.2, -0.15) is 0 Å². The molecule has 3 heterocycles. The van der Waals surface area contributed by atoms with Crippen molar-refractivity contribution in [1.82, 2.24) is 25.2 Å². The highest BCUT2D eigenvalue weighted by molar-refractivity contribution is 6.00. The predicted molar refractivity (Wildman–Crippen MR) is 173 cm³/mol. The number of carbonyl (C=O) groups excluding carboxylic acids is 3. The monoisotopic (exact) mass is 604 g/mol. The molecule has 0 saturated carbocycles. The minimum atomic E-state index is -0.988. The van der Waals surface area contributed by atoms with Gasteiger partial charge in [0.2, 0.25) is 5.91 Å². The number of carbonyl (C=O) groups is 3. The number of hydrogen-bond acceptors (Lipinski definition) is 5. The summed E-state index contributed by atoms with van der Waals surface area (Å²) < 4.78 is 5.44. The van der Waals surface area contributed by atoms with Crippen LogP contribution in [-0.4, -0.2) is 55.9 Å². The Morgan fingerprint density at radius 1 is 0.956 bits per heavy atom. The van der Waals surface area contributed by atoms with Crippen molar-refractivity contribution in [2.24, 2.45) is 0 Å². The number of alkyl carbamates (subject to hydrolysis) is 1. The number of aromatic amines is 2. The highest BCUT2D eigenvalue weighted by Crippen LogP contribution is 2.29. The SMILES string of the molecule is CC(C)(C)OC(=O)N[C@@H](C(=O)N1CCC[C@H]1C(=O)Nc1ccc2[nH]c(-c3ccc(-c4cnc[nH]4)cc3)cc2c1)c1ccccc1. The second kappa shape index (κ2) is 12.3. The fraction of sp³-hybridized carbons (Fsp3) is 0.257. The van der Waals surface area contributed by atoms with E-state index in [1.165, 1.54) is 0 Å². The molecular formula is C35H36N6O4. The molecule has 4 N–H and O–H groups in total. The molecular weight excluding hydrogens is 568 g/mol. The highest BCUT2D eigenvalue weighted by atomic mass is 16.6. The van der Waals surface area contributed by atoms with Gasteiger partial charge in [0.15, 0.2) is 0 Å². The van der Waals surface area contributed by atoms with Crippen molar-refractivity contribution in [2.75, 3.05) is 11.9 Å². The van der Waals surface area contributed by atoms with Crippen molar-refractivity contribution in [3.8, 4) is 22.5 Å². The number of rotatable bonds is 7. The van der Waals surface area contributed by atoms with Crippen LogP contribution in [0.25, 0.3) is 33.4 Å². The number of imidazole rings is 1. The summed E-state index contributed by atoms with van der Waals surface area (Å²) in [7, 11) is 0. The molecule has 0 bridgehead atoms. The van der Waals surface area contributed by atoms with Gasteiger partial charge >= 0.3 is 6.09 Å². The Hall–Kier alpha value is -5.38. The molecule has 10 heteroatoms. The standard InChI is InChI=1S/C35H36N6O4/c1-35(2,3)45-34(44)40-31(24-8-5-4-6-9-24)33(43)41-17-7-10-30(41)32(42)38-26-15-16-27-25(18-26)19-28(39-27)22-11-13-23(14-12-22)29-20-36-21-37-29/h4-6,8-9,11-16,18-21,30-31,39H,7,10,17H2,1-3H3,(H,36,37)(H,38,42)(H,40,44)/t30-,31+/m0/s1. The molecule has 0 aliphatic carbocycles. The molecule has 0 unspecified atom stereocenters. The lowest BCUT2D eigenvalue weighted by Crippen LogP contribution is -2.49. The van der Waals surface area contributed by atoms with Crippen LogP contribution < -0.4 is 10.6 Å². The van der Waals surface area contributed by atoms with Gasteiger partial charge in [-0.3, -0.25) is 9.59 Å². The van der Waals surface area contributed by atoms with E-state index in [1.807, 2.05) is 42.5 Å². The van der Waals surface area contributed by atoms with Crippen molar-refractivity contribution >= 4 is 34.5 Å². The Kier molecular flexibility index (Phi) is 8.12. The van der Waals surface area contributed by atoms with Crippen LogP contribution in [0.5, 0.6) is 0 Å². The maximum Gasteiger partial charge on any atom is 0.408 e. The van der Waals surface area contributed by atoms with Gasteiger partial charge in [0, 0.05) is 28.8 Å². The predicted octanol–water partition coefficient (Wildman–Crippen LogP) is 6.42. The van der Waals surface area contributed by atoms with Crippen LogP contribution in [0.3, 0.4) is 0 Å². The number of benzene rings is 3. The van der Waals surface area contributed by atoms with E-state index in [2.05, 4.69) is 37.7 Å². The van der Waals surface area contributed by atoms with Gasteiger partial charge in [-0.05, 0) is 74.6 Å². The van der Waals surface area contributed by atoms with Crippen LogP contribution in [0.4, 0.5) is 10.5 Å². The summed E-state index contributed by atoms with van der Waals surface area (Å²) in [5.74, 6) is -0.622. The van der Waals surface area contributed by atoms with Crippen LogP contribution in [0.1, 0.15) is 45.2 Å². The first-order chi connectivity index (χ1) is 21.6. The van der Waals surface area contributed by atoms with Gasteiger partial charge < -0.3 is 30.2 Å². The maximum atomic E-state index is 13.9. The Labute approximate surface area is 261 Å². The normalized spacial score (nSPS) is 15.5. The molecule has 2 atom stereocenters. The lowest BCUT2D eigenvalue weighted by atomic mass is 10.0. The highest BCUT2D eigenvalue weighted by Gasteiger charge is 2.38. The molecule has 3 amide bonds. The van der Waals surface area contributed by atoms with Gasteiger partial charge in [-0.1, -0.05) is 54.6 Å². The smallest absolute Gasteiger partial charge is 0.408 e. The number of amides is 3. The average molecular weight is 605 g/mol. The van der Waals surface area contributed by atoms with Crippen molar-refractivity contribution in [3.05, 3.63) is 97.0 Å². The summed E-state index contributed by atoms with van der Waals surface area (Å²) in [5, 5.41) is 6.69. The zero-order valence-corrected chi connectivity index (χ0v) is 25.5. The second-order valence-electron chi connectivity index (χ2n) is 12.2. The second-order valence-corrected chi connectivity index (χ2v) is 12.2. The van der Waals surface area contributed by atoms with Crippen LogP contribution in [0.15, 0.2) is 91.4 Å². The number of anilines is 1. The lowest BCUT2D eigenvalue weighted by molar-refractivity contribution is -0.138. The molecule has 1 aliphatic rings. The first-order valence-electron chi connectivity index (χ1n) is 15.0. The molecule has 1 saturated heterocycles. The largest absolute Gasteiger partial charge is 0.444 e. The van der Waals surface area contributed by atoms with Crippen LogP contribution in [0.2, 0.25) is 0 Å². The Morgan fingerprint density at radius 2 is 1.69 bits per heavy atom. The molecule has 0 spiro atoms. The zero-order chi connectivity index (χ0) is 31.6. The minimum Gasteiger partial charge on any atom is -0.444 e. The van der Waals surface area contributed by atoms with E-state index in [1.54, 1.807) is 62.5 Å². The van der Waals surface area contributed by atoms with Gasteiger partial charge in [0.1, 0.15) is 17.7 Å². The van der Waals surface area contributed by atoms with Crippen LogP contribution in [-0.2, 0) is 14.3 Å². The summed E-state index contributed by atoms with van der Waals surface area (Å²) >= 11 is 0. The topological polar surface area (TPSA) is 132 Å². The molecule has 45 heavy (non-hydrogen) atoms.